The van der Waals surface area contributed by atoms with Gasteiger partial charge in [0.15, 0.2) is 5.82 Å². The highest BCUT2D eigenvalue weighted by atomic mass is 16.5. The van der Waals surface area contributed by atoms with E-state index in [2.05, 4.69) is 25.8 Å². The predicted octanol–water partition coefficient (Wildman–Crippen LogP) is 3.12. The average molecular weight is 279 g/mol. The SMILES string of the molecule is CCOC(CC)(CC)c1nc(C)cc(CC(N)CC)n1. The second kappa shape index (κ2) is 7.70. The molecule has 0 fully saturated rings. The van der Waals surface area contributed by atoms with Crippen molar-refractivity contribution < 1.29 is 4.74 Å². The lowest BCUT2D eigenvalue weighted by molar-refractivity contribution is -0.0574. The molecule has 0 saturated heterocycles. The molecule has 1 atom stereocenters. The molecule has 1 rings (SSSR count). The van der Waals surface area contributed by atoms with E-state index in [0.29, 0.717) is 6.61 Å². The molecule has 2 N–H and O–H groups in total. The smallest absolute Gasteiger partial charge is 0.160 e. The fourth-order valence-electron chi connectivity index (χ4n) is 2.47. The number of nitrogens with two attached hydrogens (primary N) is 1. The van der Waals surface area contributed by atoms with Gasteiger partial charge in [0.1, 0.15) is 5.60 Å². The van der Waals surface area contributed by atoms with E-state index in [-0.39, 0.29) is 11.6 Å². The fraction of sp³-hybridized carbons (Fsp3) is 0.750. The molecule has 1 aromatic rings. The summed E-state index contributed by atoms with van der Waals surface area (Å²) in [5.41, 5.74) is 7.68. The summed E-state index contributed by atoms with van der Waals surface area (Å²) < 4.78 is 6.00. The van der Waals surface area contributed by atoms with Crippen molar-refractivity contribution in [2.75, 3.05) is 6.61 Å². The average Bonchev–Trinajstić information content (AvgIpc) is 2.44. The molecule has 0 aliphatic heterocycles. The third-order valence-electron chi connectivity index (χ3n) is 3.87. The van der Waals surface area contributed by atoms with Crippen LogP contribution in [0.4, 0.5) is 0 Å². The molecule has 20 heavy (non-hydrogen) atoms. The number of aryl methyl sites for hydroxylation is 1. The van der Waals surface area contributed by atoms with Gasteiger partial charge in [-0.25, -0.2) is 9.97 Å². The molecule has 0 radical (unpaired) electrons. The number of rotatable bonds is 8. The summed E-state index contributed by atoms with van der Waals surface area (Å²) in [5, 5.41) is 0. The van der Waals surface area contributed by atoms with Crippen LogP contribution in [0.15, 0.2) is 6.07 Å². The van der Waals surface area contributed by atoms with Gasteiger partial charge in [-0.1, -0.05) is 20.8 Å². The van der Waals surface area contributed by atoms with Gasteiger partial charge in [-0.2, -0.15) is 0 Å². The lowest BCUT2D eigenvalue weighted by Gasteiger charge is -2.30. The van der Waals surface area contributed by atoms with Crippen LogP contribution in [0.2, 0.25) is 0 Å². The van der Waals surface area contributed by atoms with E-state index in [1.165, 1.54) is 0 Å². The van der Waals surface area contributed by atoms with Crippen molar-refractivity contribution in [3.05, 3.63) is 23.3 Å². The highest BCUT2D eigenvalue weighted by Gasteiger charge is 2.32. The van der Waals surface area contributed by atoms with Crippen molar-refractivity contribution in [1.82, 2.24) is 9.97 Å². The number of hydrogen-bond donors (Lipinski definition) is 1. The first kappa shape index (κ1) is 17.1. The zero-order valence-corrected chi connectivity index (χ0v) is 13.6. The summed E-state index contributed by atoms with van der Waals surface area (Å²) in [6.07, 6.45) is 3.50. The van der Waals surface area contributed by atoms with Gasteiger partial charge in [0, 0.05) is 30.5 Å². The molecule has 1 aromatic heterocycles. The van der Waals surface area contributed by atoms with Crippen LogP contribution in [-0.2, 0) is 16.8 Å². The zero-order chi connectivity index (χ0) is 15.2. The molecular weight excluding hydrogens is 250 g/mol. The molecule has 1 unspecified atom stereocenters. The summed E-state index contributed by atoms with van der Waals surface area (Å²) in [6, 6.07) is 2.18. The summed E-state index contributed by atoms with van der Waals surface area (Å²) >= 11 is 0. The highest BCUT2D eigenvalue weighted by molar-refractivity contribution is 5.15. The molecule has 4 nitrogen and oxygen atoms in total. The van der Waals surface area contributed by atoms with Crippen molar-refractivity contribution in [1.29, 1.82) is 0 Å². The zero-order valence-electron chi connectivity index (χ0n) is 13.6. The minimum absolute atomic E-state index is 0.155. The van der Waals surface area contributed by atoms with Gasteiger partial charge in [-0.15, -0.1) is 0 Å². The van der Waals surface area contributed by atoms with Gasteiger partial charge in [-0.3, -0.25) is 0 Å². The molecular formula is C16H29N3O. The number of aromatic nitrogens is 2. The van der Waals surface area contributed by atoms with Crippen molar-refractivity contribution in [2.24, 2.45) is 5.73 Å². The van der Waals surface area contributed by atoms with E-state index in [9.17, 15) is 0 Å². The molecule has 0 aliphatic rings. The van der Waals surface area contributed by atoms with Crippen LogP contribution >= 0.6 is 0 Å². The molecule has 4 heteroatoms. The van der Waals surface area contributed by atoms with Crippen molar-refractivity contribution in [3.8, 4) is 0 Å². The van der Waals surface area contributed by atoms with Gasteiger partial charge in [0.25, 0.3) is 0 Å². The van der Waals surface area contributed by atoms with Crippen LogP contribution in [0.25, 0.3) is 0 Å². The lowest BCUT2D eigenvalue weighted by atomic mass is 9.95. The second-order valence-corrected chi connectivity index (χ2v) is 5.33. The van der Waals surface area contributed by atoms with Gasteiger partial charge in [0.2, 0.25) is 0 Å². The fourth-order valence-corrected chi connectivity index (χ4v) is 2.47. The summed E-state index contributed by atoms with van der Waals surface area (Å²) in [6.45, 7) is 11.0. The topological polar surface area (TPSA) is 61.0 Å². The number of hydrogen-bond acceptors (Lipinski definition) is 4. The molecule has 0 spiro atoms. The monoisotopic (exact) mass is 279 g/mol. The van der Waals surface area contributed by atoms with Crippen LogP contribution in [-0.4, -0.2) is 22.6 Å². The maximum absolute atomic E-state index is 6.05. The Morgan fingerprint density at radius 2 is 1.85 bits per heavy atom. The Kier molecular flexibility index (Phi) is 6.56. The highest BCUT2D eigenvalue weighted by Crippen LogP contribution is 2.31. The van der Waals surface area contributed by atoms with E-state index in [1.807, 2.05) is 19.9 Å². The number of ether oxygens (including phenoxy) is 1. The maximum atomic E-state index is 6.05. The third kappa shape index (κ3) is 4.00. The van der Waals surface area contributed by atoms with Crippen LogP contribution in [0.5, 0.6) is 0 Å². The van der Waals surface area contributed by atoms with Crippen LogP contribution in [0.3, 0.4) is 0 Å². The standard InChI is InChI=1S/C16H29N3O/c1-6-13(17)11-14-10-12(5)18-15(19-14)16(7-2,8-3)20-9-4/h10,13H,6-9,11,17H2,1-5H3. The lowest BCUT2D eigenvalue weighted by Crippen LogP contribution is -2.32. The van der Waals surface area contributed by atoms with E-state index < -0.39 is 0 Å². The Morgan fingerprint density at radius 1 is 1.20 bits per heavy atom. The van der Waals surface area contributed by atoms with Crippen molar-refractivity contribution >= 4 is 0 Å². The van der Waals surface area contributed by atoms with Gasteiger partial charge in [-0.05, 0) is 39.2 Å². The first-order valence-corrected chi connectivity index (χ1v) is 7.75. The number of nitrogens with zero attached hydrogens (tertiary/aromatic N) is 2. The van der Waals surface area contributed by atoms with Crippen LogP contribution in [0, 0.1) is 6.92 Å². The Hall–Kier alpha value is -1.00. The quantitative estimate of drug-likeness (QED) is 0.794. The third-order valence-corrected chi connectivity index (χ3v) is 3.87. The van der Waals surface area contributed by atoms with Crippen molar-refractivity contribution in [3.63, 3.8) is 0 Å². The molecule has 114 valence electrons. The Labute approximate surface area is 123 Å². The molecule has 0 aliphatic carbocycles. The Balaban J connectivity index is 3.15. The largest absolute Gasteiger partial charge is 0.367 e. The summed E-state index contributed by atoms with van der Waals surface area (Å²) in [5.74, 6) is 0.808. The molecule has 0 amide bonds. The van der Waals surface area contributed by atoms with Crippen LogP contribution in [0.1, 0.15) is 64.2 Å². The van der Waals surface area contributed by atoms with Crippen molar-refractivity contribution in [2.45, 2.75) is 71.9 Å². The van der Waals surface area contributed by atoms with E-state index in [1.54, 1.807) is 0 Å². The summed E-state index contributed by atoms with van der Waals surface area (Å²) in [4.78, 5) is 9.36. The summed E-state index contributed by atoms with van der Waals surface area (Å²) in [7, 11) is 0. The van der Waals surface area contributed by atoms with Crippen LogP contribution < -0.4 is 5.73 Å². The van der Waals surface area contributed by atoms with E-state index in [0.717, 1.165) is 42.9 Å². The maximum Gasteiger partial charge on any atom is 0.160 e. The second-order valence-electron chi connectivity index (χ2n) is 5.33. The van der Waals surface area contributed by atoms with Gasteiger partial charge in [0.05, 0.1) is 0 Å². The minimum Gasteiger partial charge on any atom is -0.367 e. The van der Waals surface area contributed by atoms with Gasteiger partial charge >= 0.3 is 0 Å². The first-order valence-electron chi connectivity index (χ1n) is 7.75. The molecule has 0 saturated carbocycles. The van der Waals surface area contributed by atoms with E-state index >= 15 is 0 Å². The van der Waals surface area contributed by atoms with E-state index in [4.69, 9.17) is 15.5 Å². The Morgan fingerprint density at radius 3 is 2.35 bits per heavy atom. The Bertz CT molecular complexity index is 416. The molecule has 0 aromatic carbocycles. The van der Waals surface area contributed by atoms with Gasteiger partial charge < -0.3 is 10.5 Å². The predicted molar refractivity (Wildman–Crippen MR) is 82.6 cm³/mol. The minimum atomic E-state index is -0.369. The normalized spacial score (nSPS) is 13.5. The molecule has 1 heterocycles. The first-order chi connectivity index (χ1) is 9.51. The molecule has 0 bridgehead atoms.